The Hall–Kier alpha value is -2.41. The number of carbonyl (C=O) groups is 1. The number of primary amides is 1. The van der Waals surface area contributed by atoms with Crippen LogP contribution in [-0.4, -0.2) is 18.9 Å². The zero-order chi connectivity index (χ0) is 15.5. The average Bonchev–Trinajstić information content (AvgIpc) is 2.40. The van der Waals surface area contributed by atoms with E-state index in [1.54, 1.807) is 30.5 Å². The highest BCUT2D eigenvalue weighted by Gasteiger charge is 2.12. The molecule has 2 N–H and O–H groups in total. The summed E-state index contributed by atoms with van der Waals surface area (Å²) in [5, 5.41) is 0. The summed E-state index contributed by atoms with van der Waals surface area (Å²) >= 11 is 0. The third-order valence-corrected chi connectivity index (χ3v) is 4.07. The lowest BCUT2D eigenvalue weighted by molar-refractivity contribution is -0.118. The minimum absolute atomic E-state index is 0.0996. The quantitative estimate of drug-likeness (QED) is 0.894. The highest BCUT2D eigenvalue weighted by Crippen LogP contribution is 2.12. The van der Waals surface area contributed by atoms with Crippen molar-refractivity contribution in [1.82, 2.24) is 4.57 Å². The lowest BCUT2D eigenvalue weighted by atomic mass is 10.2. The van der Waals surface area contributed by atoms with Crippen molar-refractivity contribution < 1.29 is 13.2 Å². The molecular formula is C14H15N3O3S. The third kappa shape index (κ3) is 3.79. The molecule has 110 valence electrons. The van der Waals surface area contributed by atoms with E-state index in [2.05, 4.69) is 4.40 Å². The summed E-state index contributed by atoms with van der Waals surface area (Å²) in [5.41, 5.74) is 6.24. The zero-order valence-corrected chi connectivity index (χ0v) is 12.2. The van der Waals surface area contributed by atoms with Crippen LogP contribution in [0.25, 0.3) is 0 Å². The molecule has 0 aliphatic carbocycles. The first-order chi connectivity index (χ1) is 9.88. The van der Waals surface area contributed by atoms with Crippen LogP contribution in [0.15, 0.2) is 58.0 Å². The normalized spacial score (nSPS) is 12.3. The lowest BCUT2D eigenvalue weighted by Crippen LogP contribution is -2.28. The van der Waals surface area contributed by atoms with Crippen LogP contribution in [0.5, 0.6) is 0 Å². The Morgan fingerprint density at radius 1 is 1.19 bits per heavy atom. The van der Waals surface area contributed by atoms with E-state index in [9.17, 15) is 13.2 Å². The molecule has 21 heavy (non-hydrogen) atoms. The van der Waals surface area contributed by atoms with E-state index in [-0.39, 0.29) is 16.9 Å². The molecule has 0 unspecified atom stereocenters. The molecule has 0 radical (unpaired) electrons. The van der Waals surface area contributed by atoms with Crippen molar-refractivity contribution in [2.45, 2.75) is 18.4 Å². The van der Waals surface area contributed by atoms with Gasteiger partial charge in [0, 0.05) is 6.20 Å². The number of hydrogen-bond acceptors (Lipinski definition) is 3. The van der Waals surface area contributed by atoms with Crippen LogP contribution in [0.2, 0.25) is 0 Å². The number of hydrogen-bond donors (Lipinski definition) is 1. The topological polar surface area (TPSA) is 94.5 Å². The standard InChI is InChI=1S/C14H15N3O3S/c1-11-5-7-12(8-6-11)21(19,20)16-14-4-2-3-9-17(14)10-13(15)18/h2-9H,10H2,1H3,(H2,15,18)/b16-14-. The van der Waals surface area contributed by atoms with E-state index in [4.69, 9.17) is 5.73 Å². The van der Waals surface area contributed by atoms with Gasteiger partial charge in [-0.15, -0.1) is 4.40 Å². The van der Waals surface area contributed by atoms with E-state index in [0.29, 0.717) is 0 Å². The number of aryl methyl sites for hydroxylation is 1. The van der Waals surface area contributed by atoms with E-state index in [0.717, 1.165) is 5.56 Å². The molecule has 2 rings (SSSR count). The van der Waals surface area contributed by atoms with Gasteiger partial charge in [0.15, 0.2) is 0 Å². The summed E-state index contributed by atoms with van der Waals surface area (Å²) in [6.07, 6.45) is 1.55. The molecule has 0 fully saturated rings. The molecule has 1 aromatic heterocycles. The Balaban J connectivity index is 2.52. The Bertz CT molecular complexity index is 821. The van der Waals surface area contributed by atoms with E-state index in [1.807, 2.05) is 6.92 Å². The SMILES string of the molecule is Cc1ccc(S(=O)(=O)/N=c2/ccccn2CC(N)=O)cc1. The van der Waals surface area contributed by atoms with Crippen molar-refractivity contribution in [2.75, 3.05) is 0 Å². The van der Waals surface area contributed by atoms with Crippen LogP contribution >= 0.6 is 0 Å². The van der Waals surface area contributed by atoms with Gasteiger partial charge in [0.25, 0.3) is 10.0 Å². The largest absolute Gasteiger partial charge is 0.368 e. The molecule has 0 aliphatic rings. The maximum atomic E-state index is 12.3. The monoisotopic (exact) mass is 305 g/mol. The fourth-order valence-corrected chi connectivity index (χ4v) is 2.74. The number of aromatic nitrogens is 1. The average molecular weight is 305 g/mol. The Kier molecular flexibility index (Phi) is 4.23. The second-order valence-electron chi connectivity index (χ2n) is 4.53. The van der Waals surface area contributed by atoms with Crippen LogP contribution in [0, 0.1) is 6.92 Å². The molecule has 0 atom stereocenters. The zero-order valence-electron chi connectivity index (χ0n) is 11.4. The first-order valence-electron chi connectivity index (χ1n) is 6.20. The number of rotatable bonds is 4. The van der Waals surface area contributed by atoms with Gasteiger partial charge >= 0.3 is 0 Å². The Morgan fingerprint density at radius 2 is 1.86 bits per heavy atom. The molecule has 0 bridgehead atoms. The summed E-state index contributed by atoms with van der Waals surface area (Å²) in [7, 11) is -3.84. The molecule has 1 amide bonds. The molecular weight excluding hydrogens is 290 g/mol. The maximum Gasteiger partial charge on any atom is 0.284 e. The smallest absolute Gasteiger partial charge is 0.284 e. The predicted molar refractivity (Wildman–Crippen MR) is 77.6 cm³/mol. The van der Waals surface area contributed by atoms with Gasteiger partial charge in [-0.25, -0.2) is 0 Å². The maximum absolute atomic E-state index is 12.3. The van der Waals surface area contributed by atoms with Crippen LogP contribution in [0.3, 0.4) is 0 Å². The second-order valence-corrected chi connectivity index (χ2v) is 6.14. The highest BCUT2D eigenvalue weighted by molar-refractivity contribution is 7.90. The number of sulfonamides is 1. The minimum atomic E-state index is -3.84. The van der Waals surface area contributed by atoms with Gasteiger partial charge in [0.05, 0.1) is 4.90 Å². The van der Waals surface area contributed by atoms with Crippen LogP contribution in [0.4, 0.5) is 0 Å². The van der Waals surface area contributed by atoms with Crippen molar-refractivity contribution in [3.05, 3.63) is 59.7 Å². The van der Waals surface area contributed by atoms with Gasteiger partial charge < -0.3 is 10.3 Å². The number of nitrogens with two attached hydrogens (primary N) is 1. The number of benzene rings is 1. The fraction of sp³-hybridized carbons (Fsp3) is 0.143. The number of carbonyl (C=O) groups excluding carboxylic acids is 1. The summed E-state index contributed by atoms with van der Waals surface area (Å²) in [4.78, 5) is 11.1. The molecule has 1 heterocycles. The van der Waals surface area contributed by atoms with Gasteiger partial charge in [0.2, 0.25) is 5.91 Å². The first kappa shape index (κ1) is 15.0. The van der Waals surface area contributed by atoms with Crippen molar-refractivity contribution in [2.24, 2.45) is 10.1 Å². The summed E-state index contributed by atoms with van der Waals surface area (Å²) in [6.45, 7) is 1.73. The Morgan fingerprint density at radius 3 is 2.48 bits per heavy atom. The van der Waals surface area contributed by atoms with E-state index < -0.39 is 15.9 Å². The molecule has 7 heteroatoms. The summed E-state index contributed by atoms with van der Waals surface area (Å²) in [6, 6.07) is 11.2. The van der Waals surface area contributed by atoms with Crippen LogP contribution in [-0.2, 0) is 21.4 Å². The molecule has 6 nitrogen and oxygen atoms in total. The van der Waals surface area contributed by atoms with Gasteiger partial charge in [-0.2, -0.15) is 8.42 Å². The van der Waals surface area contributed by atoms with E-state index >= 15 is 0 Å². The first-order valence-corrected chi connectivity index (χ1v) is 7.64. The van der Waals surface area contributed by atoms with Gasteiger partial charge in [-0.1, -0.05) is 23.8 Å². The van der Waals surface area contributed by atoms with Gasteiger partial charge in [-0.3, -0.25) is 4.79 Å². The summed E-state index contributed by atoms with van der Waals surface area (Å²) in [5.74, 6) is -0.574. The van der Waals surface area contributed by atoms with Crippen molar-refractivity contribution in [1.29, 1.82) is 0 Å². The molecule has 0 saturated carbocycles. The molecule has 0 spiro atoms. The molecule has 0 saturated heterocycles. The van der Waals surface area contributed by atoms with Gasteiger partial charge in [-0.05, 0) is 31.2 Å². The fourth-order valence-electron chi connectivity index (χ4n) is 1.74. The molecule has 1 aromatic carbocycles. The predicted octanol–water partition coefficient (Wildman–Crippen LogP) is 0.571. The summed E-state index contributed by atoms with van der Waals surface area (Å²) < 4.78 is 29.7. The van der Waals surface area contributed by atoms with Crippen molar-refractivity contribution >= 4 is 15.9 Å². The van der Waals surface area contributed by atoms with E-state index in [1.165, 1.54) is 22.8 Å². The molecule has 0 aliphatic heterocycles. The van der Waals surface area contributed by atoms with Gasteiger partial charge in [0.1, 0.15) is 12.0 Å². The number of amides is 1. The Labute approximate surface area is 122 Å². The van der Waals surface area contributed by atoms with Crippen molar-refractivity contribution in [3.63, 3.8) is 0 Å². The second kappa shape index (κ2) is 5.92. The highest BCUT2D eigenvalue weighted by atomic mass is 32.2. The minimum Gasteiger partial charge on any atom is -0.368 e. The number of nitrogens with zero attached hydrogens (tertiary/aromatic N) is 2. The van der Waals surface area contributed by atoms with Crippen LogP contribution < -0.4 is 11.2 Å². The lowest BCUT2D eigenvalue weighted by Gasteiger charge is -2.05. The van der Waals surface area contributed by atoms with Crippen LogP contribution in [0.1, 0.15) is 5.56 Å². The van der Waals surface area contributed by atoms with Crippen molar-refractivity contribution in [3.8, 4) is 0 Å². The third-order valence-electron chi connectivity index (χ3n) is 2.78. The molecule has 2 aromatic rings. The number of pyridine rings is 1.